The number of nitrogens with zero attached hydrogens (tertiary/aromatic N) is 3. The zero-order valence-electron chi connectivity index (χ0n) is 16.4. The maximum absolute atomic E-state index is 13.7. The van der Waals surface area contributed by atoms with Crippen LogP contribution in [0.5, 0.6) is 0 Å². The van der Waals surface area contributed by atoms with E-state index in [2.05, 4.69) is 14.6 Å². The van der Waals surface area contributed by atoms with Crippen molar-refractivity contribution in [2.24, 2.45) is 0 Å². The molecular formula is C21H21F3N4OS. The molecule has 4 rings (SSSR count). The average Bonchev–Trinajstić information content (AvgIpc) is 3.25. The van der Waals surface area contributed by atoms with Crippen molar-refractivity contribution in [2.75, 3.05) is 26.2 Å². The first kappa shape index (κ1) is 20.7. The van der Waals surface area contributed by atoms with Crippen molar-refractivity contribution < 1.29 is 18.0 Å². The van der Waals surface area contributed by atoms with Gasteiger partial charge in [-0.05, 0) is 41.3 Å². The molecule has 0 unspecified atom stereocenters. The predicted octanol–water partition coefficient (Wildman–Crippen LogP) is 4.18. The van der Waals surface area contributed by atoms with Gasteiger partial charge in [-0.3, -0.25) is 4.98 Å². The van der Waals surface area contributed by atoms with E-state index in [0.717, 1.165) is 11.8 Å². The zero-order valence-corrected chi connectivity index (χ0v) is 17.2. The number of amides is 2. The van der Waals surface area contributed by atoms with E-state index in [1.807, 2.05) is 0 Å². The van der Waals surface area contributed by atoms with Gasteiger partial charge in [0.25, 0.3) is 5.92 Å². The molecule has 1 N–H and O–H groups in total. The molecule has 30 heavy (non-hydrogen) atoms. The smallest absolute Gasteiger partial charge is 0.318 e. The van der Waals surface area contributed by atoms with Crippen molar-refractivity contribution in [1.82, 2.24) is 19.5 Å². The summed E-state index contributed by atoms with van der Waals surface area (Å²) in [5, 5.41) is 2.77. The van der Waals surface area contributed by atoms with Gasteiger partial charge in [0.2, 0.25) is 0 Å². The van der Waals surface area contributed by atoms with Crippen LogP contribution in [0.4, 0.5) is 18.0 Å². The lowest BCUT2D eigenvalue weighted by Crippen LogP contribution is -2.40. The Balaban J connectivity index is 1.26. The van der Waals surface area contributed by atoms with Crippen LogP contribution in [0.3, 0.4) is 0 Å². The minimum absolute atomic E-state index is 0.147. The molecule has 2 aromatic rings. The number of alkyl halides is 2. The zero-order chi connectivity index (χ0) is 21.3. The molecule has 2 aliphatic heterocycles. The van der Waals surface area contributed by atoms with E-state index in [4.69, 9.17) is 0 Å². The Morgan fingerprint density at radius 3 is 2.43 bits per heavy atom. The molecule has 0 spiro atoms. The first-order valence-electron chi connectivity index (χ1n) is 9.53. The summed E-state index contributed by atoms with van der Waals surface area (Å²) < 4.78 is 42.4. The molecule has 0 radical (unpaired) electrons. The Bertz CT molecular complexity index is 957. The maximum atomic E-state index is 13.7. The van der Waals surface area contributed by atoms with Crippen LogP contribution in [0.2, 0.25) is 0 Å². The molecule has 0 saturated carbocycles. The minimum Gasteiger partial charge on any atom is -0.334 e. The van der Waals surface area contributed by atoms with E-state index < -0.39 is 5.92 Å². The minimum atomic E-state index is -2.95. The fourth-order valence-electron chi connectivity index (χ4n) is 3.52. The first-order chi connectivity index (χ1) is 14.3. The molecule has 1 aromatic carbocycles. The summed E-state index contributed by atoms with van der Waals surface area (Å²) in [6.07, 6.45) is 1.46. The number of benzene rings is 1. The van der Waals surface area contributed by atoms with Crippen LogP contribution in [-0.2, 0) is 12.5 Å². The van der Waals surface area contributed by atoms with Crippen molar-refractivity contribution in [3.8, 4) is 0 Å². The summed E-state index contributed by atoms with van der Waals surface area (Å²) in [7, 11) is 0. The number of halogens is 3. The van der Waals surface area contributed by atoms with Gasteiger partial charge in [-0.15, -0.1) is 0 Å². The van der Waals surface area contributed by atoms with Crippen molar-refractivity contribution in [3.63, 3.8) is 0 Å². The van der Waals surface area contributed by atoms with Gasteiger partial charge in [0.15, 0.2) is 0 Å². The van der Waals surface area contributed by atoms with E-state index >= 15 is 0 Å². The molecule has 9 heteroatoms. The van der Waals surface area contributed by atoms with Gasteiger partial charge >= 0.3 is 6.03 Å². The molecular weight excluding hydrogens is 413 g/mol. The second-order valence-electron chi connectivity index (χ2n) is 7.47. The van der Waals surface area contributed by atoms with Crippen LogP contribution in [0.1, 0.15) is 18.2 Å². The molecule has 0 fully saturated rings. The Morgan fingerprint density at radius 1 is 1.13 bits per heavy atom. The van der Waals surface area contributed by atoms with Crippen LogP contribution >= 0.6 is 11.9 Å². The second kappa shape index (κ2) is 8.31. The molecule has 5 nitrogen and oxygen atoms in total. The lowest BCUT2D eigenvalue weighted by atomic mass is 10.2. The van der Waals surface area contributed by atoms with Crippen molar-refractivity contribution >= 4 is 18.0 Å². The summed E-state index contributed by atoms with van der Waals surface area (Å²) >= 11 is 1.47. The molecule has 2 amide bonds. The number of urea groups is 1. The summed E-state index contributed by atoms with van der Waals surface area (Å²) in [4.78, 5) is 18.8. The standard InChI is InChI=1S/C21H21F3N4OS/c1-21(23,24)19-7-6-17(9-25-19)30-28-12-15-10-27(11-16(15)13-28)20(29)26-8-14-4-2-3-5-18(14)22/h2-7,9H,8,10-13H2,1H3,(H,26,29). The molecule has 0 saturated heterocycles. The quantitative estimate of drug-likeness (QED) is 0.567. The van der Waals surface area contributed by atoms with Gasteiger partial charge in [-0.25, -0.2) is 13.5 Å². The topological polar surface area (TPSA) is 48.5 Å². The Hall–Kier alpha value is -2.52. The first-order valence-corrected chi connectivity index (χ1v) is 10.3. The molecule has 3 heterocycles. The number of hydrogen-bond acceptors (Lipinski definition) is 4. The lowest BCUT2D eigenvalue weighted by Gasteiger charge is -2.22. The van der Waals surface area contributed by atoms with E-state index in [9.17, 15) is 18.0 Å². The molecule has 158 valence electrons. The third kappa shape index (κ3) is 4.62. The van der Waals surface area contributed by atoms with Gasteiger partial charge in [0, 0.05) is 56.3 Å². The van der Waals surface area contributed by atoms with Gasteiger partial charge in [-0.1, -0.05) is 18.2 Å². The van der Waals surface area contributed by atoms with Crippen molar-refractivity contribution in [1.29, 1.82) is 0 Å². The summed E-state index contributed by atoms with van der Waals surface area (Å²) in [5.41, 5.74) is 2.58. The maximum Gasteiger partial charge on any atom is 0.318 e. The number of carbonyl (C=O) groups is 1. The summed E-state index contributed by atoms with van der Waals surface area (Å²) in [6.45, 7) is 3.44. The third-order valence-corrected chi connectivity index (χ3v) is 6.06. The number of hydrogen-bond donors (Lipinski definition) is 1. The predicted molar refractivity (Wildman–Crippen MR) is 108 cm³/mol. The van der Waals surface area contributed by atoms with Gasteiger partial charge < -0.3 is 10.2 Å². The fourth-order valence-corrected chi connectivity index (χ4v) is 4.49. The number of pyridine rings is 1. The van der Waals surface area contributed by atoms with Gasteiger partial charge in [-0.2, -0.15) is 8.78 Å². The normalized spacial score (nSPS) is 16.9. The number of aromatic nitrogens is 1. The number of rotatable bonds is 5. The average molecular weight is 434 g/mol. The summed E-state index contributed by atoms with van der Waals surface area (Å²) in [6, 6.07) is 9.15. The third-order valence-electron chi connectivity index (χ3n) is 5.09. The van der Waals surface area contributed by atoms with E-state index in [-0.39, 0.29) is 24.1 Å². The van der Waals surface area contributed by atoms with Crippen LogP contribution in [-0.4, -0.2) is 46.4 Å². The highest BCUT2D eigenvalue weighted by Crippen LogP contribution is 2.34. The second-order valence-corrected chi connectivity index (χ2v) is 8.64. The monoisotopic (exact) mass is 434 g/mol. The lowest BCUT2D eigenvalue weighted by molar-refractivity contribution is 0.0127. The molecule has 1 aromatic heterocycles. The van der Waals surface area contributed by atoms with Gasteiger partial charge in [0.05, 0.1) is 0 Å². The van der Waals surface area contributed by atoms with E-state index in [0.29, 0.717) is 31.7 Å². The largest absolute Gasteiger partial charge is 0.334 e. The number of carbonyl (C=O) groups excluding carboxylic acids is 1. The van der Waals surface area contributed by atoms with Crippen LogP contribution in [0.25, 0.3) is 0 Å². The molecule has 2 aliphatic rings. The van der Waals surface area contributed by atoms with E-state index in [1.54, 1.807) is 29.2 Å². The Labute approximate surface area is 177 Å². The van der Waals surface area contributed by atoms with Crippen molar-refractivity contribution in [2.45, 2.75) is 24.3 Å². The number of nitrogens with one attached hydrogen (secondary N) is 1. The SMILES string of the molecule is CC(F)(F)c1ccc(SN2CC3=C(C2)CN(C(=O)NCc2ccccc2F)C3)cn1. The highest BCUT2D eigenvalue weighted by Gasteiger charge is 2.33. The molecule has 0 atom stereocenters. The summed E-state index contributed by atoms with van der Waals surface area (Å²) in [5.74, 6) is -3.28. The Morgan fingerprint density at radius 2 is 1.83 bits per heavy atom. The van der Waals surface area contributed by atoms with Crippen LogP contribution in [0.15, 0.2) is 58.6 Å². The van der Waals surface area contributed by atoms with Crippen LogP contribution in [0, 0.1) is 5.82 Å². The Kier molecular flexibility index (Phi) is 5.75. The highest BCUT2D eigenvalue weighted by atomic mass is 32.2. The highest BCUT2D eigenvalue weighted by molar-refractivity contribution is 7.97. The molecule has 0 bridgehead atoms. The van der Waals surface area contributed by atoms with Gasteiger partial charge in [0.1, 0.15) is 11.5 Å². The fraction of sp³-hybridized carbons (Fsp3) is 0.333. The molecule has 0 aliphatic carbocycles. The van der Waals surface area contributed by atoms with Crippen molar-refractivity contribution in [3.05, 3.63) is 70.8 Å². The van der Waals surface area contributed by atoms with E-state index in [1.165, 1.54) is 41.4 Å². The van der Waals surface area contributed by atoms with Crippen LogP contribution < -0.4 is 5.32 Å².